The van der Waals surface area contributed by atoms with Gasteiger partial charge in [-0.05, 0) is 37.3 Å². The van der Waals surface area contributed by atoms with Crippen molar-refractivity contribution in [2.75, 3.05) is 37.0 Å². The molecule has 0 aliphatic carbocycles. The maximum atomic E-state index is 12.8. The van der Waals surface area contributed by atoms with Crippen molar-refractivity contribution in [3.63, 3.8) is 0 Å². The minimum atomic E-state index is -3.12. The second-order valence-electron chi connectivity index (χ2n) is 8.52. The lowest BCUT2D eigenvalue weighted by Crippen LogP contribution is -2.45. The van der Waals surface area contributed by atoms with E-state index >= 15 is 0 Å². The Morgan fingerprint density at radius 3 is 2.68 bits per heavy atom. The molecule has 0 bridgehead atoms. The minimum absolute atomic E-state index is 0.0257. The smallest absolute Gasteiger partial charge is 0.339 e. The normalized spacial score (nSPS) is 22.5. The molecule has 2 heterocycles. The zero-order valence-corrected chi connectivity index (χ0v) is 19.8. The third kappa shape index (κ3) is 6.95. The van der Waals surface area contributed by atoms with E-state index in [1.807, 2.05) is 26.0 Å². The Hall–Kier alpha value is -1.58. The lowest BCUT2D eigenvalue weighted by Gasteiger charge is -2.29. The second kappa shape index (κ2) is 10.8. The first-order chi connectivity index (χ1) is 14.7. The van der Waals surface area contributed by atoms with Gasteiger partial charge in [-0.25, -0.2) is 13.2 Å². The number of esters is 1. The van der Waals surface area contributed by atoms with Crippen LogP contribution in [0.2, 0.25) is 0 Å². The molecule has 7 nitrogen and oxygen atoms in total. The first-order valence-electron chi connectivity index (χ1n) is 10.8. The molecule has 0 aromatic heterocycles. The summed E-state index contributed by atoms with van der Waals surface area (Å²) in [6.07, 6.45) is 2.71. The molecular formula is C22H31NO6S2. The number of rotatable bonds is 9. The molecule has 31 heavy (non-hydrogen) atoms. The van der Waals surface area contributed by atoms with Crippen molar-refractivity contribution >= 4 is 33.5 Å². The van der Waals surface area contributed by atoms with Crippen molar-refractivity contribution in [2.24, 2.45) is 5.92 Å². The Morgan fingerprint density at radius 1 is 1.26 bits per heavy atom. The number of ether oxygens (including phenoxy) is 2. The summed E-state index contributed by atoms with van der Waals surface area (Å²) in [6.45, 7) is 4.76. The highest BCUT2D eigenvalue weighted by Crippen LogP contribution is 2.27. The lowest BCUT2D eigenvalue weighted by atomic mass is 10.1. The minimum Gasteiger partial charge on any atom is -0.452 e. The number of amides is 1. The quantitative estimate of drug-likeness (QED) is 0.406. The molecule has 2 fully saturated rings. The van der Waals surface area contributed by atoms with Gasteiger partial charge in [-0.15, -0.1) is 11.8 Å². The Kier molecular flexibility index (Phi) is 8.41. The van der Waals surface area contributed by atoms with Crippen molar-refractivity contribution in [1.29, 1.82) is 0 Å². The summed E-state index contributed by atoms with van der Waals surface area (Å²) in [7, 11) is -3.12. The molecule has 1 amide bonds. The predicted molar refractivity (Wildman–Crippen MR) is 120 cm³/mol. The van der Waals surface area contributed by atoms with Gasteiger partial charge in [-0.2, -0.15) is 0 Å². The topological polar surface area (TPSA) is 90.0 Å². The first-order valence-corrected chi connectivity index (χ1v) is 13.6. The summed E-state index contributed by atoms with van der Waals surface area (Å²) >= 11 is 1.55. The average Bonchev–Trinajstić information content (AvgIpc) is 3.37. The van der Waals surface area contributed by atoms with Gasteiger partial charge in [0.05, 0.1) is 23.2 Å². The fourth-order valence-electron chi connectivity index (χ4n) is 3.88. The maximum absolute atomic E-state index is 12.8. The number of sulfone groups is 1. The van der Waals surface area contributed by atoms with E-state index in [9.17, 15) is 18.0 Å². The van der Waals surface area contributed by atoms with E-state index in [1.54, 1.807) is 28.8 Å². The molecule has 0 saturated carbocycles. The summed E-state index contributed by atoms with van der Waals surface area (Å²) in [6, 6.07) is 6.84. The molecule has 2 atom stereocenters. The number of thioether (sulfide) groups is 1. The zero-order chi connectivity index (χ0) is 22.4. The molecule has 2 saturated heterocycles. The number of carbonyl (C=O) groups excluding carboxylic acids is 2. The van der Waals surface area contributed by atoms with Crippen molar-refractivity contribution in [3.8, 4) is 0 Å². The molecule has 0 spiro atoms. The van der Waals surface area contributed by atoms with E-state index < -0.39 is 22.4 Å². The number of hydrogen-bond acceptors (Lipinski definition) is 7. The summed E-state index contributed by atoms with van der Waals surface area (Å²) in [5, 5.41) is 0. The van der Waals surface area contributed by atoms with Gasteiger partial charge in [0.25, 0.3) is 5.91 Å². The fraction of sp³-hybridized carbons (Fsp3) is 0.636. The number of carbonyl (C=O) groups is 2. The molecular weight excluding hydrogens is 438 g/mol. The van der Waals surface area contributed by atoms with Gasteiger partial charge in [0, 0.05) is 29.8 Å². The fourth-order valence-corrected chi connectivity index (χ4v) is 6.72. The van der Waals surface area contributed by atoms with Crippen LogP contribution in [-0.4, -0.2) is 74.4 Å². The number of hydrogen-bond donors (Lipinski definition) is 0. The molecule has 3 rings (SSSR count). The molecule has 2 aliphatic rings. The molecule has 172 valence electrons. The number of nitrogens with zero attached hydrogens (tertiary/aromatic N) is 1. The van der Waals surface area contributed by atoms with Gasteiger partial charge < -0.3 is 14.4 Å². The van der Waals surface area contributed by atoms with E-state index in [0.29, 0.717) is 18.5 Å². The van der Waals surface area contributed by atoms with Crippen LogP contribution in [0.5, 0.6) is 0 Å². The van der Waals surface area contributed by atoms with Gasteiger partial charge in [-0.1, -0.05) is 26.0 Å². The standard InChI is InChI=1S/C22H31NO6S2/c1-16(2)12-23(17-9-11-31(26,27)15-17)21(24)13-29-22(25)19-7-3-4-8-20(19)30-14-18-6-5-10-28-18/h3-4,7-8,16-18H,5-6,9-15H2,1-2H3. The van der Waals surface area contributed by atoms with Crippen LogP contribution in [0.1, 0.15) is 43.5 Å². The highest BCUT2D eigenvalue weighted by Gasteiger charge is 2.35. The molecule has 1 aromatic rings. The summed E-state index contributed by atoms with van der Waals surface area (Å²) in [4.78, 5) is 27.9. The maximum Gasteiger partial charge on any atom is 0.339 e. The van der Waals surface area contributed by atoms with Crippen LogP contribution < -0.4 is 0 Å². The Morgan fingerprint density at radius 2 is 2.03 bits per heavy atom. The van der Waals surface area contributed by atoms with E-state index in [-0.39, 0.29) is 35.5 Å². The third-order valence-electron chi connectivity index (χ3n) is 5.41. The SMILES string of the molecule is CC(C)CN(C(=O)COC(=O)c1ccccc1SCC1CCCO1)C1CCS(=O)(=O)C1. The average molecular weight is 470 g/mol. The Bertz CT molecular complexity index is 880. The van der Waals surface area contributed by atoms with E-state index in [0.717, 1.165) is 30.1 Å². The van der Waals surface area contributed by atoms with Gasteiger partial charge >= 0.3 is 5.97 Å². The molecule has 0 N–H and O–H groups in total. The van der Waals surface area contributed by atoms with E-state index in [4.69, 9.17) is 9.47 Å². The summed E-state index contributed by atoms with van der Waals surface area (Å²) in [5.41, 5.74) is 0.428. The zero-order valence-electron chi connectivity index (χ0n) is 18.1. The highest BCUT2D eigenvalue weighted by atomic mass is 32.2. The molecule has 0 radical (unpaired) electrons. The molecule has 9 heteroatoms. The van der Waals surface area contributed by atoms with E-state index in [2.05, 4.69) is 0 Å². The summed E-state index contributed by atoms with van der Waals surface area (Å²) < 4.78 is 34.7. The monoisotopic (exact) mass is 469 g/mol. The van der Waals surface area contributed by atoms with E-state index in [1.165, 1.54) is 0 Å². The second-order valence-corrected chi connectivity index (χ2v) is 11.8. The van der Waals surface area contributed by atoms with Gasteiger partial charge in [0.1, 0.15) is 0 Å². The summed E-state index contributed by atoms with van der Waals surface area (Å²) in [5.74, 6) is 0.108. The largest absolute Gasteiger partial charge is 0.452 e. The molecule has 1 aromatic carbocycles. The van der Waals surface area contributed by atoms with Crippen LogP contribution >= 0.6 is 11.8 Å². The van der Waals surface area contributed by atoms with Crippen LogP contribution in [0, 0.1) is 5.92 Å². The highest BCUT2D eigenvalue weighted by molar-refractivity contribution is 7.99. The molecule has 2 unspecified atom stereocenters. The van der Waals surface area contributed by atoms with Crippen LogP contribution in [-0.2, 0) is 24.1 Å². The van der Waals surface area contributed by atoms with Crippen LogP contribution in [0.3, 0.4) is 0 Å². The van der Waals surface area contributed by atoms with Gasteiger partial charge in [-0.3, -0.25) is 4.79 Å². The predicted octanol–water partition coefficient (Wildman–Crippen LogP) is 2.79. The van der Waals surface area contributed by atoms with Crippen molar-refractivity contribution in [1.82, 2.24) is 4.90 Å². The number of benzene rings is 1. The van der Waals surface area contributed by atoms with Gasteiger partial charge in [0.2, 0.25) is 0 Å². The van der Waals surface area contributed by atoms with Crippen molar-refractivity contribution in [2.45, 2.75) is 50.2 Å². The van der Waals surface area contributed by atoms with Crippen molar-refractivity contribution < 1.29 is 27.5 Å². The van der Waals surface area contributed by atoms with Crippen LogP contribution in [0.4, 0.5) is 0 Å². The van der Waals surface area contributed by atoms with Crippen LogP contribution in [0.15, 0.2) is 29.2 Å². The van der Waals surface area contributed by atoms with Crippen LogP contribution in [0.25, 0.3) is 0 Å². The Labute approximate surface area is 188 Å². The Balaban J connectivity index is 1.60. The first kappa shape index (κ1) is 24.1. The molecule has 2 aliphatic heterocycles. The van der Waals surface area contributed by atoms with Gasteiger partial charge in [0.15, 0.2) is 16.4 Å². The lowest BCUT2D eigenvalue weighted by molar-refractivity contribution is -0.137. The third-order valence-corrected chi connectivity index (χ3v) is 8.37. The van der Waals surface area contributed by atoms with Crippen molar-refractivity contribution in [3.05, 3.63) is 29.8 Å².